The van der Waals surface area contributed by atoms with Crippen LogP contribution in [0.5, 0.6) is 0 Å². The first-order chi connectivity index (χ1) is 13.3. The molecule has 1 fully saturated rings. The Morgan fingerprint density at radius 1 is 0.778 bits per heavy atom. The number of carbonyl (C=O) groups excluding carboxylic acids is 1. The van der Waals surface area contributed by atoms with Gasteiger partial charge >= 0.3 is 0 Å². The molecule has 132 valence electrons. The Morgan fingerprint density at radius 3 is 1.52 bits per heavy atom. The number of nitriles is 1. The van der Waals surface area contributed by atoms with Crippen molar-refractivity contribution in [2.24, 2.45) is 0 Å². The van der Waals surface area contributed by atoms with E-state index in [1.54, 1.807) is 0 Å². The number of hydrogen-bond acceptors (Lipinski definition) is 3. The van der Waals surface area contributed by atoms with Crippen molar-refractivity contribution in [3.8, 4) is 6.07 Å². The Hall–Kier alpha value is -3.42. The summed E-state index contributed by atoms with van der Waals surface area (Å²) in [6, 6.07) is 31.1. The summed E-state index contributed by atoms with van der Waals surface area (Å²) in [6.07, 6.45) is 0. The monoisotopic (exact) mass is 353 g/mol. The van der Waals surface area contributed by atoms with Crippen LogP contribution in [0.1, 0.15) is 16.7 Å². The highest BCUT2D eigenvalue weighted by Gasteiger charge is 2.47. The Bertz CT molecular complexity index is 868. The van der Waals surface area contributed by atoms with Gasteiger partial charge in [-0.25, -0.2) is 0 Å². The number of carbonyl (C=O) groups is 1. The van der Waals surface area contributed by atoms with Crippen LogP contribution in [0.25, 0.3) is 0 Å². The first-order valence-corrected chi connectivity index (χ1v) is 8.90. The Balaban J connectivity index is 1.95. The molecule has 0 radical (unpaired) electrons. The predicted molar refractivity (Wildman–Crippen MR) is 104 cm³/mol. The minimum atomic E-state index is -0.749. The highest BCUT2D eigenvalue weighted by molar-refractivity contribution is 5.90. The summed E-state index contributed by atoms with van der Waals surface area (Å²) in [5, 5.41) is 15.6. The molecule has 1 aliphatic rings. The molecule has 3 aromatic carbocycles. The van der Waals surface area contributed by atoms with Gasteiger partial charge in [-0.15, -0.1) is 0 Å². The van der Waals surface area contributed by atoms with Crippen LogP contribution in [0.2, 0.25) is 0 Å². The van der Waals surface area contributed by atoms with Crippen LogP contribution in [0, 0.1) is 11.3 Å². The lowest BCUT2D eigenvalue weighted by atomic mass is 9.75. The fourth-order valence-corrected chi connectivity index (χ4v) is 3.68. The van der Waals surface area contributed by atoms with Crippen LogP contribution in [0.15, 0.2) is 91.0 Å². The zero-order valence-electron chi connectivity index (χ0n) is 14.7. The standard InChI is InChI=1S/C23H19N3O/c24-16-20-21(22(27)25-20)26-23(17-10-4-1-5-11-17,18-12-6-2-7-13-18)19-14-8-3-9-15-19/h1-15,20-21,26H,(H,25,27)/t20?,21-/m0/s1. The second kappa shape index (κ2) is 7.06. The maximum absolute atomic E-state index is 12.2. The van der Waals surface area contributed by atoms with E-state index in [0.29, 0.717) is 0 Å². The van der Waals surface area contributed by atoms with E-state index in [9.17, 15) is 10.1 Å². The number of rotatable bonds is 5. The van der Waals surface area contributed by atoms with Crippen LogP contribution in [-0.2, 0) is 10.3 Å². The third-order valence-electron chi connectivity index (χ3n) is 5.05. The lowest BCUT2D eigenvalue weighted by Gasteiger charge is -2.44. The number of nitrogens with one attached hydrogen (secondary N) is 2. The Morgan fingerprint density at radius 2 is 1.19 bits per heavy atom. The highest BCUT2D eigenvalue weighted by Crippen LogP contribution is 2.38. The molecule has 1 heterocycles. The molecule has 0 spiro atoms. The molecule has 1 saturated heterocycles. The van der Waals surface area contributed by atoms with Crippen LogP contribution in [0.3, 0.4) is 0 Å². The molecule has 2 N–H and O–H groups in total. The van der Waals surface area contributed by atoms with Crippen molar-refractivity contribution < 1.29 is 4.79 Å². The van der Waals surface area contributed by atoms with Gasteiger partial charge < -0.3 is 5.32 Å². The topological polar surface area (TPSA) is 64.9 Å². The van der Waals surface area contributed by atoms with Crippen molar-refractivity contribution in [1.82, 2.24) is 10.6 Å². The molecule has 4 rings (SSSR count). The van der Waals surface area contributed by atoms with Crippen molar-refractivity contribution in [2.75, 3.05) is 0 Å². The van der Waals surface area contributed by atoms with E-state index < -0.39 is 17.6 Å². The van der Waals surface area contributed by atoms with Gasteiger partial charge in [0.2, 0.25) is 5.91 Å². The van der Waals surface area contributed by atoms with Crippen molar-refractivity contribution in [2.45, 2.75) is 17.6 Å². The summed E-state index contributed by atoms with van der Waals surface area (Å²) in [5.41, 5.74) is 2.29. The molecule has 4 heteroatoms. The lowest BCUT2D eigenvalue weighted by molar-refractivity contribution is -0.130. The SMILES string of the molecule is N#CC1NC(=O)[C@H]1NC(c1ccccc1)(c1ccccc1)c1ccccc1. The molecule has 2 atom stereocenters. The molecule has 27 heavy (non-hydrogen) atoms. The van der Waals surface area contributed by atoms with Gasteiger partial charge in [0, 0.05) is 0 Å². The molecule has 0 aromatic heterocycles. The molecule has 3 aromatic rings. The van der Waals surface area contributed by atoms with Gasteiger partial charge in [0.05, 0.1) is 11.6 Å². The zero-order valence-corrected chi connectivity index (χ0v) is 14.7. The Labute approximate surface area is 158 Å². The van der Waals surface area contributed by atoms with E-state index in [0.717, 1.165) is 16.7 Å². The quantitative estimate of drug-likeness (QED) is 0.547. The molecule has 1 amide bonds. The van der Waals surface area contributed by atoms with E-state index in [-0.39, 0.29) is 5.91 Å². The highest BCUT2D eigenvalue weighted by atomic mass is 16.2. The lowest BCUT2D eigenvalue weighted by Crippen LogP contribution is -2.71. The van der Waals surface area contributed by atoms with E-state index in [2.05, 4.69) is 16.7 Å². The molecule has 0 bridgehead atoms. The smallest absolute Gasteiger partial charge is 0.241 e. The maximum Gasteiger partial charge on any atom is 0.241 e. The summed E-state index contributed by atoms with van der Waals surface area (Å²) < 4.78 is 0. The average Bonchev–Trinajstić information content (AvgIpc) is 2.74. The van der Waals surface area contributed by atoms with Gasteiger partial charge in [0.15, 0.2) is 0 Å². The largest absolute Gasteiger partial charge is 0.337 e. The number of nitrogens with zero attached hydrogens (tertiary/aromatic N) is 1. The minimum absolute atomic E-state index is 0.159. The van der Waals surface area contributed by atoms with Gasteiger partial charge in [0.1, 0.15) is 12.1 Å². The van der Waals surface area contributed by atoms with Crippen molar-refractivity contribution in [1.29, 1.82) is 5.26 Å². The molecule has 4 nitrogen and oxygen atoms in total. The number of β-lactam (4-membered cyclic amide) rings is 1. The second-order valence-electron chi connectivity index (χ2n) is 6.59. The van der Waals surface area contributed by atoms with Gasteiger partial charge in [0.25, 0.3) is 0 Å². The van der Waals surface area contributed by atoms with Gasteiger partial charge in [-0.2, -0.15) is 5.26 Å². The summed E-state index contributed by atoms with van der Waals surface area (Å²) in [4.78, 5) is 12.2. The Kier molecular flexibility index (Phi) is 4.45. The first-order valence-electron chi connectivity index (χ1n) is 8.90. The summed E-state index contributed by atoms with van der Waals surface area (Å²) in [7, 11) is 0. The van der Waals surface area contributed by atoms with E-state index >= 15 is 0 Å². The van der Waals surface area contributed by atoms with Gasteiger partial charge in [-0.1, -0.05) is 91.0 Å². The summed E-state index contributed by atoms with van der Waals surface area (Å²) in [5.74, 6) is -0.159. The van der Waals surface area contributed by atoms with E-state index in [1.807, 2.05) is 91.0 Å². The van der Waals surface area contributed by atoms with Crippen LogP contribution < -0.4 is 10.6 Å². The maximum atomic E-state index is 12.2. The zero-order chi connectivity index (χ0) is 18.7. The molecule has 0 aliphatic carbocycles. The first kappa shape index (κ1) is 17.0. The molecule has 1 unspecified atom stereocenters. The van der Waals surface area contributed by atoms with Crippen molar-refractivity contribution in [3.05, 3.63) is 108 Å². The molecular formula is C23H19N3O. The average molecular weight is 353 g/mol. The fourth-order valence-electron chi connectivity index (χ4n) is 3.68. The molecule has 0 saturated carbocycles. The molecule has 1 aliphatic heterocycles. The van der Waals surface area contributed by atoms with Crippen molar-refractivity contribution in [3.63, 3.8) is 0 Å². The fraction of sp³-hybridized carbons (Fsp3) is 0.130. The third kappa shape index (κ3) is 2.88. The van der Waals surface area contributed by atoms with Gasteiger partial charge in [-0.3, -0.25) is 10.1 Å². The molecular weight excluding hydrogens is 334 g/mol. The number of benzene rings is 3. The second-order valence-corrected chi connectivity index (χ2v) is 6.59. The predicted octanol–water partition coefficient (Wildman–Crippen LogP) is 2.96. The van der Waals surface area contributed by atoms with Crippen LogP contribution >= 0.6 is 0 Å². The third-order valence-corrected chi connectivity index (χ3v) is 5.05. The van der Waals surface area contributed by atoms with Crippen LogP contribution in [-0.4, -0.2) is 18.0 Å². The number of hydrogen-bond donors (Lipinski definition) is 2. The number of amides is 1. The van der Waals surface area contributed by atoms with Crippen molar-refractivity contribution >= 4 is 5.91 Å². The minimum Gasteiger partial charge on any atom is -0.337 e. The van der Waals surface area contributed by atoms with Crippen LogP contribution in [0.4, 0.5) is 0 Å². The normalized spacial score (nSPS) is 18.9. The summed E-state index contributed by atoms with van der Waals surface area (Å²) >= 11 is 0. The van der Waals surface area contributed by atoms with Gasteiger partial charge in [-0.05, 0) is 16.7 Å². The van der Waals surface area contributed by atoms with E-state index in [1.165, 1.54) is 0 Å². The van der Waals surface area contributed by atoms with E-state index in [4.69, 9.17) is 0 Å². The summed E-state index contributed by atoms with van der Waals surface area (Å²) in [6.45, 7) is 0.